The lowest BCUT2D eigenvalue weighted by molar-refractivity contribution is -0.384. The monoisotopic (exact) mass is 218 g/mol. The van der Waals surface area contributed by atoms with E-state index in [9.17, 15) is 10.1 Å². The lowest BCUT2D eigenvalue weighted by atomic mass is 10.2. The minimum Gasteiger partial charge on any atom is -0.258 e. The number of amidine groups is 1. The van der Waals surface area contributed by atoms with Crippen molar-refractivity contribution in [3.8, 4) is 0 Å². The minimum absolute atomic E-state index is 0.102. The highest BCUT2D eigenvalue weighted by Crippen LogP contribution is 2.28. The molecule has 5 nitrogen and oxygen atoms in total. The number of non-ortho nitro benzene ring substituents is 1. The van der Waals surface area contributed by atoms with Crippen molar-refractivity contribution < 1.29 is 4.92 Å². The minimum atomic E-state index is -0.387. The summed E-state index contributed by atoms with van der Waals surface area (Å²) in [5, 5.41) is 10.7. The average molecular weight is 218 g/mol. The van der Waals surface area contributed by atoms with E-state index in [0.29, 0.717) is 4.48 Å². The van der Waals surface area contributed by atoms with Gasteiger partial charge in [-0.25, -0.2) is 9.48 Å². The summed E-state index contributed by atoms with van der Waals surface area (Å²) < 4.78 is 0.391. The molecule has 0 aromatic heterocycles. The number of nitrogens with zero attached hydrogens (tertiary/aromatic N) is 3. The summed E-state index contributed by atoms with van der Waals surface area (Å²) in [6.45, 7) is 1.90. The van der Waals surface area contributed by atoms with E-state index in [2.05, 4.69) is 4.99 Å². The van der Waals surface area contributed by atoms with E-state index in [-0.39, 0.29) is 10.6 Å². The Hall–Kier alpha value is -2.01. The van der Waals surface area contributed by atoms with Crippen LogP contribution in [0.25, 0.3) is 0 Å². The van der Waals surface area contributed by atoms with Crippen molar-refractivity contribution in [3.05, 3.63) is 46.8 Å². The maximum Gasteiger partial charge on any atom is 0.275 e. The summed E-state index contributed by atoms with van der Waals surface area (Å²) in [5.74, 6) is 0.889. The second-order valence-electron chi connectivity index (χ2n) is 3.83. The van der Waals surface area contributed by atoms with Gasteiger partial charge in [-0.15, -0.1) is 0 Å². The van der Waals surface area contributed by atoms with E-state index in [1.165, 1.54) is 6.07 Å². The van der Waals surface area contributed by atoms with E-state index in [1.54, 1.807) is 18.3 Å². The van der Waals surface area contributed by atoms with Gasteiger partial charge in [0, 0.05) is 19.1 Å². The molecule has 0 saturated carbocycles. The Labute approximate surface area is 93.1 Å². The van der Waals surface area contributed by atoms with Crippen LogP contribution in [0, 0.1) is 10.1 Å². The molecule has 0 fully saturated rings. The van der Waals surface area contributed by atoms with Crippen LogP contribution >= 0.6 is 0 Å². The van der Waals surface area contributed by atoms with Gasteiger partial charge in [-0.1, -0.05) is 0 Å². The Morgan fingerprint density at radius 1 is 1.44 bits per heavy atom. The van der Waals surface area contributed by atoms with Gasteiger partial charge in [0.2, 0.25) is 5.84 Å². The van der Waals surface area contributed by atoms with Crippen molar-refractivity contribution in [1.29, 1.82) is 0 Å². The fourth-order valence-electron chi connectivity index (χ4n) is 1.67. The van der Waals surface area contributed by atoms with Gasteiger partial charge in [-0.2, -0.15) is 0 Å². The van der Waals surface area contributed by atoms with Gasteiger partial charge >= 0.3 is 0 Å². The van der Waals surface area contributed by atoms with Crippen LogP contribution in [0.15, 0.2) is 41.7 Å². The molecule has 82 valence electrons. The van der Waals surface area contributed by atoms with Gasteiger partial charge in [0.25, 0.3) is 5.69 Å². The number of benzene rings is 1. The Bertz CT molecular complexity index is 508. The second kappa shape index (κ2) is 3.53. The number of hydrogen-bond donors (Lipinski definition) is 0. The predicted octanol–water partition coefficient (Wildman–Crippen LogP) is 2.44. The Morgan fingerprint density at radius 2 is 2.19 bits per heavy atom. The standard InChI is InChI=1S/C11H12N3O2/c1-9-12-6-7-14(9,2)11-5-3-4-10(8-11)13(15)16/h3-8H,1-2H3/q+1. The van der Waals surface area contributed by atoms with Gasteiger partial charge < -0.3 is 0 Å². The quantitative estimate of drug-likeness (QED) is 0.435. The Balaban J connectivity index is 2.49. The molecule has 16 heavy (non-hydrogen) atoms. The van der Waals surface area contributed by atoms with Gasteiger partial charge in [0.1, 0.15) is 11.9 Å². The predicted molar refractivity (Wildman–Crippen MR) is 63.1 cm³/mol. The fraction of sp³-hybridized carbons (Fsp3) is 0.182. The largest absolute Gasteiger partial charge is 0.275 e. The Morgan fingerprint density at radius 3 is 2.75 bits per heavy atom. The molecule has 0 amide bonds. The van der Waals surface area contributed by atoms with Crippen LogP contribution in [-0.4, -0.2) is 17.8 Å². The molecule has 0 radical (unpaired) electrons. The first kappa shape index (κ1) is 10.5. The number of nitro benzene ring substituents is 1. The molecule has 0 aliphatic carbocycles. The number of nitro groups is 1. The third-order valence-electron chi connectivity index (χ3n) is 2.88. The third kappa shape index (κ3) is 1.51. The maximum atomic E-state index is 10.7. The number of aliphatic imine (C=N–C) groups is 1. The molecule has 1 atom stereocenters. The molecule has 1 aromatic carbocycles. The third-order valence-corrected chi connectivity index (χ3v) is 2.88. The number of quaternary nitrogens is 1. The summed E-state index contributed by atoms with van der Waals surface area (Å²) >= 11 is 0. The molecule has 0 bridgehead atoms. The van der Waals surface area contributed by atoms with Gasteiger partial charge in [-0.3, -0.25) is 10.1 Å². The summed E-state index contributed by atoms with van der Waals surface area (Å²) in [4.78, 5) is 14.5. The second-order valence-corrected chi connectivity index (χ2v) is 3.83. The van der Waals surface area contributed by atoms with Crippen molar-refractivity contribution in [2.75, 3.05) is 7.05 Å². The first-order valence-corrected chi connectivity index (χ1v) is 4.88. The fourth-order valence-corrected chi connectivity index (χ4v) is 1.67. The van der Waals surface area contributed by atoms with Gasteiger partial charge in [0.05, 0.1) is 24.2 Å². The molecule has 0 N–H and O–H groups in total. The molecule has 2 rings (SSSR count). The van der Waals surface area contributed by atoms with Crippen molar-refractivity contribution in [3.63, 3.8) is 0 Å². The van der Waals surface area contributed by atoms with Crippen molar-refractivity contribution in [1.82, 2.24) is 4.48 Å². The van der Waals surface area contributed by atoms with Crippen LogP contribution < -0.4 is 4.48 Å². The molecule has 1 aromatic rings. The van der Waals surface area contributed by atoms with Crippen LogP contribution in [-0.2, 0) is 0 Å². The van der Waals surface area contributed by atoms with Crippen LogP contribution in [0.1, 0.15) is 6.92 Å². The molecule has 1 aliphatic heterocycles. The SMILES string of the molecule is CC1=NC=C[N+]1(C)c1cccc([N+](=O)[O-])c1. The summed E-state index contributed by atoms with van der Waals surface area (Å²) in [6.07, 6.45) is 3.61. The van der Waals surface area contributed by atoms with E-state index in [4.69, 9.17) is 0 Å². The summed E-state index contributed by atoms with van der Waals surface area (Å²) in [6, 6.07) is 6.62. The lowest BCUT2D eigenvalue weighted by Crippen LogP contribution is -2.41. The highest BCUT2D eigenvalue weighted by Gasteiger charge is 2.31. The highest BCUT2D eigenvalue weighted by atomic mass is 16.6. The molecule has 1 heterocycles. The lowest BCUT2D eigenvalue weighted by Gasteiger charge is -2.24. The molecular formula is C11H12N3O2+. The molecule has 1 aliphatic rings. The molecule has 0 spiro atoms. The van der Waals surface area contributed by atoms with E-state index in [1.807, 2.05) is 26.2 Å². The zero-order valence-corrected chi connectivity index (χ0v) is 9.12. The van der Waals surface area contributed by atoms with Gasteiger partial charge in [0.15, 0.2) is 0 Å². The Kier molecular flexibility index (Phi) is 2.32. The van der Waals surface area contributed by atoms with E-state index < -0.39 is 0 Å². The number of hydrogen-bond acceptors (Lipinski definition) is 3. The average Bonchev–Trinajstić information content (AvgIpc) is 2.61. The maximum absolute atomic E-state index is 10.7. The van der Waals surface area contributed by atoms with Crippen LogP contribution in [0.3, 0.4) is 0 Å². The molecule has 5 heteroatoms. The first-order chi connectivity index (χ1) is 7.54. The summed E-state index contributed by atoms with van der Waals surface area (Å²) in [5.41, 5.74) is 0.939. The highest BCUT2D eigenvalue weighted by molar-refractivity contribution is 5.94. The zero-order chi connectivity index (χ0) is 11.8. The smallest absolute Gasteiger partial charge is 0.258 e. The van der Waals surface area contributed by atoms with Crippen LogP contribution in [0.2, 0.25) is 0 Å². The van der Waals surface area contributed by atoms with Crippen molar-refractivity contribution in [2.24, 2.45) is 4.99 Å². The van der Waals surface area contributed by atoms with E-state index in [0.717, 1.165) is 11.5 Å². The normalized spacial score (nSPS) is 23.2. The van der Waals surface area contributed by atoms with E-state index >= 15 is 0 Å². The summed E-state index contributed by atoms with van der Waals surface area (Å²) in [7, 11) is 1.95. The van der Waals surface area contributed by atoms with Crippen LogP contribution in [0.5, 0.6) is 0 Å². The topological polar surface area (TPSA) is 55.5 Å². The van der Waals surface area contributed by atoms with Crippen molar-refractivity contribution in [2.45, 2.75) is 6.92 Å². The molecular weight excluding hydrogens is 206 g/mol. The molecule has 1 unspecified atom stereocenters. The number of rotatable bonds is 2. The van der Waals surface area contributed by atoms with Gasteiger partial charge in [-0.05, 0) is 6.07 Å². The zero-order valence-electron chi connectivity index (χ0n) is 9.12. The van der Waals surface area contributed by atoms with Crippen LogP contribution in [0.4, 0.5) is 11.4 Å². The van der Waals surface area contributed by atoms with Crippen molar-refractivity contribution >= 4 is 17.2 Å². The molecule has 0 saturated heterocycles. The first-order valence-electron chi connectivity index (χ1n) is 4.88.